The normalized spacial score (nSPS) is 11.4. The number of anilines is 1. The second-order valence-corrected chi connectivity index (χ2v) is 6.51. The quantitative estimate of drug-likeness (QED) is 0.545. The molecule has 0 fully saturated rings. The van der Waals surface area contributed by atoms with Crippen LogP contribution in [0.1, 0.15) is 17.3 Å². The van der Waals surface area contributed by atoms with E-state index in [2.05, 4.69) is 5.32 Å². The van der Waals surface area contributed by atoms with Gasteiger partial charge in [0.25, 0.3) is 5.91 Å². The maximum absolute atomic E-state index is 13.1. The van der Waals surface area contributed by atoms with Gasteiger partial charge in [-0.25, -0.2) is 9.18 Å². The molecule has 1 atom stereocenters. The molecule has 3 aromatic rings. The molecule has 148 valence electrons. The topological polar surface area (TPSA) is 64.6 Å². The van der Waals surface area contributed by atoms with Gasteiger partial charge in [0.05, 0.1) is 16.3 Å². The Labute approximate surface area is 172 Å². The third kappa shape index (κ3) is 5.56. The average Bonchev–Trinajstić information content (AvgIpc) is 2.71. The number of hydrogen-bond acceptors (Lipinski definition) is 4. The molecule has 0 radical (unpaired) electrons. The fourth-order valence-electron chi connectivity index (χ4n) is 2.39. The van der Waals surface area contributed by atoms with E-state index in [1.165, 1.54) is 13.0 Å². The van der Waals surface area contributed by atoms with Gasteiger partial charge in [-0.1, -0.05) is 29.8 Å². The van der Waals surface area contributed by atoms with Gasteiger partial charge in [0.15, 0.2) is 6.10 Å². The summed E-state index contributed by atoms with van der Waals surface area (Å²) >= 11 is 5.88. The molecule has 0 heterocycles. The number of para-hydroxylation sites is 1. The van der Waals surface area contributed by atoms with Crippen molar-refractivity contribution >= 4 is 29.2 Å². The summed E-state index contributed by atoms with van der Waals surface area (Å²) < 4.78 is 23.9. The highest BCUT2D eigenvalue weighted by Gasteiger charge is 2.20. The molecule has 0 aliphatic rings. The molecule has 7 heteroatoms. The standard InChI is InChI=1S/C22H17ClFNO4/c1-14(21(26)25-20-12-9-16(24)13-19(20)23)28-22(27)15-7-10-18(11-8-15)29-17-5-3-2-4-6-17/h2-14H,1H3,(H,25,26)/t14-/m1/s1. The number of carbonyl (C=O) groups excluding carboxylic acids is 2. The number of esters is 1. The average molecular weight is 414 g/mol. The van der Waals surface area contributed by atoms with Crippen LogP contribution in [0, 0.1) is 5.82 Å². The zero-order chi connectivity index (χ0) is 20.8. The Hall–Kier alpha value is -3.38. The second-order valence-electron chi connectivity index (χ2n) is 6.10. The molecule has 3 aromatic carbocycles. The predicted octanol–water partition coefficient (Wildman–Crippen LogP) is 5.46. The molecule has 3 rings (SSSR count). The van der Waals surface area contributed by atoms with Gasteiger partial charge in [0.1, 0.15) is 17.3 Å². The Kier molecular flexibility index (Phi) is 6.46. The van der Waals surface area contributed by atoms with Crippen LogP contribution in [-0.4, -0.2) is 18.0 Å². The van der Waals surface area contributed by atoms with Crippen LogP contribution in [0.3, 0.4) is 0 Å². The van der Waals surface area contributed by atoms with E-state index in [1.807, 2.05) is 30.3 Å². The first kappa shape index (κ1) is 20.4. The van der Waals surface area contributed by atoms with Gasteiger partial charge < -0.3 is 14.8 Å². The molecule has 0 unspecified atom stereocenters. The largest absolute Gasteiger partial charge is 0.457 e. The molecule has 0 saturated carbocycles. The minimum absolute atomic E-state index is 0.0471. The summed E-state index contributed by atoms with van der Waals surface area (Å²) in [5.74, 6) is -0.538. The Bertz CT molecular complexity index is 1010. The highest BCUT2D eigenvalue weighted by molar-refractivity contribution is 6.33. The van der Waals surface area contributed by atoms with Crippen LogP contribution in [-0.2, 0) is 9.53 Å². The highest BCUT2D eigenvalue weighted by atomic mass is 35.5. The number of rotatable bonds is 6. The third-order valence-corrected chi connectivity index (χ3v) is 4.22. The minimum Gasteiger partial charge on any atom is -0.457 e. The number of benzene rings is 3. The Morgan fingerprint density at radius 1 is 0.966 bits per heavy atom. The van der Waals surface area contributed by atoms with Crippen molar-refractivity contribution in [3.8, 4) is 11.5 Å². The Balaban J connectivity index is 1.58. The minimum atomic E-state index is -1.08. The van der Waals surface area contributed by atoms with E-state index in [9.17, 15) is 14.0 Å². The molecule has 0 aliphatic heterocycles. The van der Waals surface area contributed by atoms with E-state index in [0.29, 0.717) is 11.5 Å². The zero-order valence-electron chi connectivity index (χ0n) is 15.4. The molecule has 29 heavy (non-hydrogen) atoms. The second kappa shape index (κ2) is 9.21. The lowest BCUT2D eigenvalue weighted by molar-refractivity contribution is -0.123. The molecule has 5 nitrogen and oxygen atoms in total. The molecule has 1 amide bonds. The van der Waals surface area contributed by atoms with Crippen molar-refractivity contribution in [3.05, 3.63) is 89.2 Å². The van der Waals surface area contributed by atoms with Crippen molar-refractivity contribution in [2.24, 2.45) is 0 Å². The molecule has 0 spiro atoms. The number of amides is 1. The summed E-state index contributed by atoms with van der Waals surface area (Å²) in [5.41, 5.74) is 0.494. The highest BCUT2D eigenvalue weighted by Crippen LogP contribution is 2.23. The third-order valence-electron chi connectivity index (χ3n) is 3.91. The monoisotopic (exact) mass is 413 g/mol. The first-order valence-corrected chi connectivity index (χ1v) is 9.10. The van der Waals surface area contributed by atoms with Crippen molar-refractivity contribution in [2.45, 2.75) is 13.0 Å². The van der Waals surface area contributed by atoms with Gasteiger partial charge in [-0.05, 0) is 61.5 Å². The summed E-state index contributed by atoms with van der Waals surface area (Å²) in [4.78, 5) is 24.5. The Morgan fingerprint density at radius 2 is 1.62 bits per heavy atom. The van der Waals surface area contributed by atoms with Gasteiger partial charge in [-0.2, -0.15) is 0 Å². The Morgan fingerprint density at radius 3 is 2.28 bits per heavy atom. The molecule has 0 saturated heterocycles. The predicted molar refractivity (Wildman–Crippen MR) is 108 cm³/mol. The van der Waals surface area contributed by atoms with Crippen LogP contribution in [0.15, 0.2) is 72.8 Å². The van der Waals surface area contributed by atoms with Gasteiger partial charge in [-0.15, -0.1) is 0 Å². The van der Waals surface area contributed by atoms with Gasteiger partial charge >= 0.3 is 5.97 Å². The number of halogens is 2. The lowest BCUT2D eigenvalue weighted by Gasteiger charge is -2.14. The maximum atomic E-state index is 13.1. The van der Waals surface area contributed by atoms with Crippen LogP contribution < -0.4 is 10.1 Å². The fraction of sp³-hybridized carbons (Fsp3) is 0.0909. The summed E-state index contributed by atoms with van der Waals surface area (Å²) in [6.07, 6.45) is -1.08. The number of hydrogen-bond donors (Lipinski definition) is 1. The van der Waals surface area contributed by atoms with E-state index in [-0.39, 0.29) is 16.3 Å². The molecule has 0 aromatic heterocycles. The first-order chi connectivity index (χ1) is 13.9. The van der Waals surface area contributed by atoms with Crippen LogP contribution in [0.5, 0.6) is 11.5 Å². The van der Waals surface area contributed by atoms with E-state index in [0.717, 1.165) is 12.1 Å². The molecule has 0 aliphatic carbocycles. The summed E-state index contributed by atoms with van der Waals surface area (Å²) in [6, 6.07) is 19.1. The van der Waals surface area contributed by atoms with Crippen LogP contribution in [0.2, 0.25) is 5.02 Å². The van der Waals surface area contributed by atoms with Crippen LogP contribution in [0.25, 0.3) is 0 Å². The number of nitrogens with one attached hydrogen (secondary N) is 1. The van der Waals surface area contributed by atoms with Crippen LogP contribution >= 0.6 is 11.6 Å². The van der Waals surface area contributed by atoms with E-state index in [4.69, 9.17) is 21.1 Å². The summed E-state index contributed by atoms with van der Waals surface area (Å²) in [6.45, 7) is 1.43. The molecule has 1 N–H and O–H groups in total. The van der Waals surface area contributed by atoms with Crippen LogP contribution in [0.4, 0.5) is 10.1 Å². The molecule has 0 bridgehead atoms. The lowest BCUT2D eigenvalue weighted by Crippen LogP contribution is -2.30. The fourth-order valence-corrected chi connectivity index (χ4v) is 2.61. The number of carbonyl (C=O) groups is 2. The van der Waals surface area contributed by atoms with Gasteiger partial charge in [0.2, 0.25) is 0 Å². The lowest BCUT2D eigenvalue weighted by atomic mass is 10.2. The summed E-state index contributed by atoms with van der Waals surface area (Å²) in [5, 5.41) is 2.54. The first-order valence-electron chi connectivity index (χ1n) is 8.72. The SMILES string of the molecule is C[C@@H](OC(=O)c1ccc(Oc2ccccc2)cc1)C(=O)Nc1ccc(F)cc1Cl. The molecular weight excluding hydrogens is 397 g/mol. The zero-order valence-corrected chi connectivity index (χ0v) is 16.2. The van der Waals surface area contributed by atoms with E-state index in [1.54, 1.807) is 24.3 Å². The number of ether oxygens (including phenoxy) is 2. The van der Waals surface area contributed by atoms with Crippen molar-refractivity contribution in [2.75, 3.05) is 5.32 Å². The summed E-state index contributed by atoms with van der Waals surface area (Å²) in [7, 11) is 0. The van der Waals surface area contributed by atoms with Crippen molar-refractivity contribution in [3.63, 3.8) is 0 Å². The smallest absolute Gasteiger partial charge is 0.338 e. The van der Waals surface area contributed by atoms with Gasteiger partial charge in [-0.3, -0.25) is 4.79 Å². The maximum Gasteiger partial charge on any atom is 0.338 e. The van der Waals surface area contributed by atoms with Gasteiger partial charge in [0, 0.05) is 0 Å². The van der Waals surface area contributed by atoms with Crippen molar-refractivity contribution < 1.29 is 23.5 Å². The van der Waals surface area contributed by atoms with Crippen molar-refractivity contribution in [1.29, 1.82) is 0 Å². The van der Waals surface area contributed by atoms with Crippen molar-refractivity contribution in [1.82, 2.24) is 0 Å². The van der Waals surface area contributed by atoms with E-state index < -0.39 is 23.8 Å². The van der Waals surface area contributed by atoms with E-state index >= 15 is 0 Å². The molecular formula is C22H17ClFNO4.